The Bertz CT molecular complexity index is 679. The van der Waals surface area contributed by atoms with Gasteiger partial charge in [0.15, 0.2) is 0 Å². The van der Waals surface area contributed by atoms with Crippen LogP contribution in [0.1, 0.15) is 11.1 Å². The monoisotopic (exact) mass is 385 g/mol. The summed E-state index contributed by atoms with van der Waals surface area (Å²) in [7, 11) is 1.63. The Hall–Kier alpha value is -1.30. The molecule has 0 spiro atoms. The Labute approximate surface area is 142 Å². The molecule has 0 aromatic heterocycles. The molecule has 0 saturated carbocycles. The summed E-state index contributed by atoms with van der Waals surface area (Å²) in [5, 5.41) is 0.482. The van der Waals surface area contributed by atoms with Gasteiger partial charge in [-0.05, 0) is 51.8 Å². The molecule has 110 valence electrons. The lowest BCUT2D eigenvalue weighted by molar-refractivity contribution is 0.306. The predicted octanol–water partition coefficient (Wildman–Crippen LogP) is 4.32. The molecular formula is C15H13BrClNO2S. The van der Waals surface area contributed by atoms with Crippen LogP contribution in [0.3, 0.4) is 0 Å². The second-order valence-corrected chi connectivity index (χ2v) is 5.96. The predicted molar refractivity (Wildman–Crippen MR) is 92.4 cm³/mol. The van der Waals surface area contributed by atoms with Crippen molar-refractivity contribution >= 4 is 44.7 Å². The van der Waals surface area contributed by atoms with E-state index in [1.807, 2.05) is 18.2 Å². The average Bonchev–Trinajstić information content (AvgIpc) is 2.45. The van der Waals surface area contributed by atoms with Crippen molar-refractivity contribution in [3.05, 3.63) is 57.0 Å². The maximum absolute atomic E-state index is 6.10. The summed E-state index contributed by atoms with van der Waals surface area (Å²) in [4.78, 5) is 0.269. The second-order valence-electron chi connectivity index (χ2n) is 4.26. The van der Waals surface area contributed by atoms with Crippen molar-refractivity contribution in [1.82, 2.24) is 0 Å². The highest BCUT2D eigenvalue weighted by molar-refractivity contribution is 9.10. The average molecular weight is 387 g/mol. The normalized spacial score (nSPS) is 10.2. The van der Waals surface area contributed by atoms with Gasteiger partial charge in [0, 0.05) is 5.56 Å². The largest absolute Gasteiger partial charge is 0.496 e. The molecule has 2 aromatic rings. The lowest BCUT2D eigenvalue weighted by Gasteiger charge is -2.10. The lowest BCUT2D eigenvalue weighted by Crippen LogP contribution is -2.09. The van der Waals surface area contributed by atoms with Crippen LogP contribution in [0.5, 0.6) is 11.5 Å². The minimum Gasteiger partial charge on any atom is -0.496 e. The van der Waals surface area contributed by atoms with Gasteiger partial charge in [-0.2, -0.15) is 0 Å². The maximum atomic E-state index is 6.10. The van der Waals surface area contributed by atoms with Gasteiger partial charge in [0.25, 0.3) is 0 Å². The molecule has 0 unspecified atom stereocenters. The van der Waals surface area contributed by atoms with E-state index in [2.05, 4.69) is 15.9 Å². The summed E-state index contributed by atoms with van der Waals surface area (Å²) < 4.78 is 11.8. The van der Waals surface area contributed by atoms with E-state index in [-0.39, 0.29) is 4.99 Å². The molecule has 0 radical (unpaired) electrons. The summed E-state index contributed by atoms with van der Waals surface area (Å²) in [6, 6.07) is 11.0. The first-order valence-corrected chi connectivity index (χ1v) is 7.63. The number of nitrogens with two attached hydrogens (primary N) is 1. The van der Waals surface area contributed by atoms with Crippen molar-refractivity contribution in [3.63, 3.8) is 0 Å². The Morgan fingerprint density at radius 1 is 1.29 bits per heavy atom. The molecule has 6 heteroatoms. The molecule has 2 aromatic carbocycles. The van der Waals surface area contributed by atoms with Crippen LogP contribution in [-0.2, 0) is 6.61 Å². The van der Waals surface area contributed by atoms with Gasteiger partial charge in [-0.3, -0.25) is 0 Å². The number of halogens is 2. The second kappa shape index (κ2) is 7.11. The van der Waals surface area contributed by atoms with Crippen LogP contribution < -0.4 is 15.2 Å². The van der Waals surface area contributed by atoms with E-state index in [1.54, 1.807) is 25.3 Å². The van der Waals surface area contributed by atoms with Gasteiger partial charge in [-0.15, -0.1) is 0 Å². The van der Waals surface area contributed by atoms with Crippen molar-refractivity contribution in [3.8, 4) is 11.5 Å². The van der Waals surface area contributed by atoms with Gasteiger partial charge in [0.05, 0.1) is 16.6 Å². The molecule has 0 heterocycles. The molecule has 2 N–H and O–H groups in total. The molecule has 0 fully saturated rings. The smallest absolute Gasteiger partial charge is 0.133 e. The van der Waals surface area contributed by atoms with Gasteiger partial charge in [0.2, 0.25) is 0 Å². The fraction of sp³-hybridized carbons (Fsp3) is 0.133. The Balaban J connectivity index is 2.08. The standard InChI is InChI=1S/C15H13BrClNO2S/c1-19-14-5-2-9(6-12(14)16)8-20-10-3-4-11(15(18)21)13(17)7-10/h2-7H,8H2,1H3,(H2,18,21). The number of benzene rings is 2. The summed E-state index contributed by atoms with van der Waals surface area (Å²) >= 11 is 14.4. The van der Waals surface area contributed by atoms with Crippen molar-refractivity contribution in [2.24, 2.45) is 5.73 Å². The summed E-state index contributed by atoms with van der Waals surface area (Å²) in [5.74, 6) is 1.44. The first kappa shape index (κ1) is 16.1. The van der Waals surface area contributed by atoms with Crippen molar-refractivity contribution in [2.45, 2.75) is 6.61 Å². The Morgan fingerprint density at radius 2 is 2.05 bits per heavy atom. The van der Waals surface area contributed by atoms with Gasteiger partial charge in [-0.1, -0.05) is 29.9 Å². The quantitative estimate of drug-likeness (QED) is 0.777. The third-order valence-electron chi connectivity index (χ3n) is 2.83. The molecule has 0 bridgehead atoms. The Morgan fingerprint density at radius 3 is 2.62 bits per heavy atom. The van der Waals surface area contributed by atoms with Crippen LogP contribution in [0.2, 0.25) is 5.02 Å². The first-order valence-electron chi connectivity index (χ1n) is 6.06. The number of thiocarbonyl (C=S) groups is 1. The number of methoxy groups -OCH3 is 1. The first-order chi connectivity index (χ1) is 10.0. The molecule has 0 aliphatic carbocycles. The van der Waals surface area contributed by atoms with Crippen LogP contribution >= 0.6 is 39.7 Å². The summed E-state index contributed by atoms with van der Waals surface area (Å²) in [6.07, 6.45) is 0. The molecule has 0 aliphatic rings. The number of hydrogen-bond acceptors (Lipinski definition) is 3. The van der Waals surface area contributed by atoms with E-state index in [4.69, 9.17) is 39.0 Å². The van der Waals surface area contributed by atoms with Gasteiger partial charge in [-0.25, -0.2) is 0 Å². The fourth-order valence-corrected chi connectivity index (χ4v) is 2.85. The van der Waals surface area contributed by atoms with Crippen LogP contribution in [-0.4, -0.2) is 12.1 Å². The molecule has 21 heavy (non-hydrogen) atoms. The third kappa shape index (κ3) is 4.09. The van der Waals surface area contributed by atoms with E-state index < -0.39 is 0 Å². The summed E-state index contributed by atoms with van der Waals surface area (Å²) in [6.45, 7) is 0.422. The van der Waals surface area contributed by atoms with E-state index in [1.165, 1.54) is 0 Å². The van der Waals surface area contributed by atoms with E-state index in [0.29, 0.717) is 22.9 Å². The Kier molecular flexibility index (Phi) is 5.45. The van der Waals surface area contributed by atoms with Crippen LogP contribution in [0.4, 0.5) is 0 Å². The van der Waals surface area contributed by atoms with Crippen LogP contribution in [0.15, 0.2) is 40.9 Å². The third-order valence-corrected chi connectivity index (χ3v) is 3.98. The fourth-order valence-electron chi connectivity index (χ4n) is 1.75. The van der Waals surface area contributed by atoms with Gasteiger partial charge in [0.1, 0.15) is 23.1 Å². The highest BCUT2D eigenvalue weighted by Crippen LogP contribution is 2.27. The topological polar surface area (TPSA) is 44.5 Å². The molecule has 0 atom stereocenters. The number of hydrogen-bond donors (Lipinski definition) is 1. The highest BCUT2D eigenvalue weighted by atomic mass is 79.9. The van der Waals surface area contributed by atoms with E-state index in [0.717, 1.165) is 15.8 Å². The van der Waals surface area contributed by atoms with E-state index >= 15 is 0 Å². The zero-order valence-corrected chi connectivity index (χ0v) is 14.4. The van der Waals surface area contributed by atoms with Gasteiger partial charge < -0.3 is 15.2 Å². The van der Waals surface area contributed by atoms with Crippen molar-refractivity contribution in [2.75, 3.05) is 7.11 Å². The number of ether oxygens (including phenoxy) is 2. The molecule has 0 aliphatic heterocycles. The SMILES string of the molecule is COc1ccc(COc2ccc(C(N)=S)c(Cl)c2)cc1Br. The molecule has 0 saturated heterocycles. The lowest BCUT2D eigenvalue weighted by atomic mass is 10.2. The van der Waals surface area contributed by atoms with Crippen molar-refractivity contribution in [1.29, 1.82) is 0 Å². The number of rotatable bonds is 5. The zero-order chi connectivity index (χ0) is 15.4. The van der Waals surface area contributed by atoms with Crippen LogP contribution in [0, 0.1) is 0 Å². The molecular weight excluding hydrogens is 374 g/mol. The summed E-state index contributed by atoms with van der Waals surface area (Å²) in [5.41, 5.74) is 7.22. The van der Waals surface area contributed by atoms with Gasteiger partial charge >= 0.3 is 0 Å². The minimum absolute atomic E-state index is 0.269. The molecule has 2 rings (SSSR count). The minimum atomic E-state index is 0.269. The molecule has 0 amide bonds. The maximum Gasteiger partial charge on any atom is 0.133 e. The molecule has 3 nitrogen and oxygen atoms in total. The zero-order valence-electron chi connectivity index (χ0n) is 11.2. The van der Waals surface area contributed by atoms with Crippen molar-refractivity contribution < 1.29 is 9.47 Å². The van der Waals surface area contributed by atoms with E-state index in [9.17, 15) is 0 Å². The van der Waals surface area contributed by atoms with Crippen LogP contribution in [0.25, 0.3) is 0 Å². The highest BCUT2D eigenvalue weighted by Gasteiger charge is 2.06.